The highest BCUT2D eigenvalue weighted by Crippen LogP contribution is 2.35. The van der Waals surface area contributed by atoms with Gasteiger partial charge in [-0.1, -0.05) is 0 Å². The zero-order valence-corrected chi connectivity index (χ0v) is 15.3. The summed E-state index contributed by atoms with van der Waals surface area (Å²) in [7, 11) is 3.25. The lowest BCUT2D eigenvalue weighted by Crippen LogP contribution is -2.14. The van der Waals surface area contributed by atoms with Crippen molar-refractivity contribution in [3.8, 4) is 22.8 Å². The lowest BCUT2D eigenvalue weighted by molar-refractivity contribution is -0.116. The van der Waals surface area contributed by atoms with Crippen molar-refractivity contribution in [2.45, 2.75) is 19.3 Å². The van der Waals surface area contributed by atoms with E-state index in [0.29, 0.717) is 17.5 Å². The van der Waals surface area contributed by atoms with Crippen LogP contribution in [-0.2, 0) is 4.79 Å². The third kappa shape index (κ3) is 4.49. The van der Waals surface area contributed by atoms with E-state index in [1.165, 1.54) is 11.3 Å². The van der Waals surface area contributed by atoms with Crippen molar-refractivity contribution in [2.24, 2.45) is 5.92 Å². The molecule has 1 amide bonds. The molecule has 0 bridgehead atoms. The molecule has 6 nitrogen and oxygen atoms in total. The van der Waals surface area contributed by atoms with Gasteiger partial charge < -0.3 is 20.1 Å². The molecular formula is C18H23N3O3S. The summed E-state index contributed by atoms with van der Waals surface area (Å²) in [6.45, 7) is 2.08. The molecule has 1 unspecified atom stereocenters. The van der Waals surface area contributed by atoms with Crippen LogP contribution in [0.1, 0.15) is 19.3 Å². The second-order valence-corrected chi connectivity index (χ2v) is 6.91. The number of nitrogens with zero attached hydrogens (tertiary/aromatic N) is 1. The van der Waals surface area contributed by atoms with Crippen LogP contribution < -0.4 is 20.1 Å². The maximum Gasteiger partial charge on any atom is 0.226 e. The summed E-state index contributed by atoms with van der Waals surface area (Å²) in [6, 6.07) is 5.57. The molecule has 1 aliphatic rings. The average molecular weight is 361 g/mol. The van der Waals surface area contributed by atoms with Crippen LogP contribution in [0.25, 0.3) is 11.3 Å². The Labute approximate surface area is 151 Å². The predicted molar refractivity (Wildman–Crippen MR) is 99.5 cm³/mol. The number of hydrogen-bond acceptors (Lipinski definition) is 6. The van der Waals surface area contributed by atoms with Crippen molar-refractivity contribution >= 4 is 22.4 Å². The molecule has 2 N–H and O–H groups in total. The molecule has 7 heteroatoms. The molecule has 0 aliphatic carbocycles. The van der Waals surface area contributed by atoms with Gasteiger partial charge in [-0.3, -0.25) is 4.79 Å². The number of methoxy groups -OCH3 is 2. The molecule has 1 saturated heterocycles. The Hall–Kier alpha value is -2.12. The predicted octanol–water partition coefficient (Wildman–Crippen LogP) is 3.16. The summed E-state index contributed by atoms with van der Waals surface area (Å²) in [5, 5.41) is 8.74. The minimum atomic E-state index is 0.0189. The molecule has 0 spiro atoms. The van der Waals surface area contributed by atoms with Gasteiger partial charge >= 0.3 is 0 Å². The number of ether oxygens (including phenoxy) is 2. The first-order valence-corrected chi connectivity index (χ1v) is 9.26. The van der Waals surface area contributed by atoms with Crippen molar-refractivity contribution < 1.29 is 14.3 Å². The molecule has 25 heavy (non-hydrogen) atoms. The van der Waals surface area contributed by atoms with Gasteiger partial charge in [0.25, 0.3) is 0 Å². The van der Waals surface area contributed by atoms with Crippen LogP contribution in [0.5, 0.6) is 11.5 Å². The fourth-order valence-corrected chi connectivity index (χ4v) is 3.67. The number of anilines is 1. The molecular weight excluding hydrogens is 338 g/mol. The Kier molecular flexibility index (Phi) is 5.88. The molecule has 0 saturated carbocycles. The van der Waals surface area contributed by atoms with Gasteiger partial charge in [0.2, 0.25) is 5.91 Å². The number of benzene rings is 1. The maximum atomic E-state index is 12.1. The number of carbonyl (C=O) groups is 1. The normalized spacial score (nSPS) is 16.6. The van der Waals surface area contributed by atoms with E-state index in [1.807, 2.05) is 23.6 Å². The van der Waals surface area contributed by atoms with Crippen LogP contribution >= 0.6 is 11.3 Å². The highest BCUT2D eigenvalue weighted by molar-refractivity contribution is 7.14. The smallest absolute Gasteiger partial charge is 0.226 e. The standard InChI is InChI=1S/C18H23N3O3S/c1-23-13-4-5-16(24-2)14(9-13)15-11-25-18(20-15)21-17(22)6-3-12-7-8-19-10-12/h4-5,9,11-12,19H,3,6-8,10H2,1-2H3,(H,20,21,22). The van der Waals surface area contributed by atoms with Crippen molar-refractivity contribution in [2.75, 3.05) is 32.6 Å². The molecule has 1 aromatic heterocycles. The van der Waals surface area contributed by atoms with E-state index < -0.39 is 0 Å². The molecule has 1 aromatic carbocycles. The quantitative estimate of drug-likeness (QED) is 0.793. The zero-order valence-electron chi connectivity index (χ0n) is 14.5. The van der Waals surface area contributed by atoms with Crippen LogP contribution in [0.4, 0.5) is 5.13 Å². The monoisotopic (exact) mass is 361 g/mol. The van der Waals surface area contributed by atoms with Crippen LogP contribution in [0.2, 0.25) is 0 Å². The second-order valence-electron chi connectivity index (χ2n) is 6.05. The van der Waals surface area contributed by atoms with E-state index >= 15 is 0 Å². The van der Waals surface area contributed by atoms with Crippen molar-refractivity contribution in [1.82, 2.24) is 10.3 Å². The van der Waals surface area contributed by atoms with Crippen molar-refractivity contribution in [3.63, 3.8) is 0 Å². The van der Waals surface area contributed by atoms with Gasteiger partial charge in [-0.05, 0) is 50.0 Å². The Morgan fingerprint density at radius 1 is 1.40 bits per heavy atom. The van der Waals surface area contributed by atoms with Gasteiger partial charge in [0.05, 0.1) is 19.9 Å². The third-order valence-electron chi connectivity index (χ3n) is 4.38. The summed E-state index contributed by atoms with van der Waals surface area (Å²) in [5.41, 5.74) is 1.60. The summed E-state index contributed by atoms with van der Waals surface area (Å²) < 4.78 is 10.7. The number of hydrogen-bond donors (Lipinski definition) is 2. The van der Waals surface area contributed by atoms with Gasteiger partial charge in [-0.15, -0.1) is 11.3 Å². The van der Waals surface area contributed by atoms with E-state index in [9.17, 15) is 4.79 Å². The van der Waals surface area contributed by atoms with Crippen LogP contribution in [0, 0.1) is 5.92 Å². The van der Waals surface area contributed by atoms with Gasteiger partial charge in [-0.2, -0.15) is 0 Å². The number of thiazole rings is 1. The summed E-state index contributed by atoms with van der Waals surface area (Å²) in [5.74, 6) is 2.08. The molecule has 2 heterocycles. The first-order chi connectivity index (χ1) is 12.2. The fourth-order valence-electron chi connectivity index (χ4n) is 2.95. The lowest BCUT2D eigenvalue weighted by atomic mass is 10.0. The van der Waals surface area contributed by atoms with Crippen molar-refractivity contribution in [1.29, 1.82) is 0 Å². The van der Waals surface area contributed by atoms with E-state index in [0.717, 1.165) is 48.7 Å². The first-order valence-electron chi connectivity index (χ1n) is 8.38. The fraction of sp³-hybridized carbons (Fsp3) is 0.444. The van der Waals surface area contributed by atoms with E-state index in [2.05, 4.69) is 15.6 Å². The Morgan fingerprint density at radius 2 is 2.28 bits per heavy atom. The maximum absolute atomic E-state index is 12.1. The molecule has 134 valence electrons. The van der Waals surface area contributed by atoms with Gasteiger partial charge in [0.15, 0.2) is 5.13 Å². The first kappa shape index (κ1) is 17.7. The topological polar surface area (TPSA) is 72.5 Å². The van der Waals surface area contributed by atoms with Crippen LogP contribution in [0.15, 0.2) is 23.6 Å². The summed E-state index contributed by atoms with van der Waals surface area (Å²) in [6.07, 6.45) is 2.61. The van der Waals surface area contributed by atoms with Gasteiger partial charge in [0, 0.05) is 17.4 Å². The Balaban J connectivity index is 1.64. The number of nitrogens with one attached hydrogen (secondary N) is 2. The van der Waals surface area contributed by atoms with Crippen molar-refractivity contribution in [3.05, 3.63) is 23.6 Å². The van der Waals surface area contributed by atoms with Crippen LogP contribution in [-0.4, -0.2) is 38.2 Å². The number of rotatable bonds is 7. The second kappa shape index (κ2) is 8.31. The summed E-state index contributed by atoms with van der Waals surface area (Å²) >= 11 is 1.41. The average Bonchev–Trinajstić information content (AvgIpc) is 3.31. The van der Waals surface area contributed by atoms with Crippen LogP contribution in [0.3, 0.4) is 0 Å². The van der Waals surface area contributed by atoms with E-state index in [-0.39, 0.29) is 5.91 Å². The zero-order chi connectivity index (χ0) is 17.6. The third-order valence-corrected chi connectivity index (χ3v) is 5.13. The molecule has 1 atom stereocenters. The number of carbonyl (C=O) groups excluding carboxylic acids is 1. The number of aromatic nitrogens is 1. The highest BCUT2D eigenvalue weighted by atomic mass is 32.1. The molecule has 1 aliphatic heterocycles. The SMILES string of the molecule is COc1ccc(OC)c(-c2csc(NC(=O)CCC3CCNC3)n2)c1. The lowest BCUT2D eigenvalue weighted by Gasteiger charge is -2.08. The number of amides is 1. The van der Waals surface area contributed by atoms with Gasteiger partial charge in [-0.25, -0.2) is 4.98 Å². The molecule has 1 fully saturated rings. The Morgan fingerprint density at radius 3 is 3.00 bits per heavy atom. The molecule has 0 radical (unpaired) electrons. The molecule has 3 rings (SSSR count). The highest BCUT2D eigenvalue weighted by Gasteiger charge is 2.17. The largest absolute Gasteiger partial charge is 0.497 e. The minimum Gasteiger partial charge on any atom is -0.497 e. The molecule has 2 aromatic rings. The van der Waals surface area contributed by atoms with Gasteiger partial charge in [0.1, 0.15) is 11.5 Å². The Bertz CT molecular complexity index is 726. The summed E-state index contributed by atoms with van der Waals surface area (Å²) in [4.78, 5) is 16.7. The van der Waals surface area contributed by atoms with E-state index in [4.69, 9.17) is 9.47 Å². The van der Waals surface area contributed by atoms with E-state index in [1.54, 1.807) is 14.2 Å². The minimum absolute atomic E-state index is 0.0189.